The summed E-state index contributed by atoms with van der Waals surface area (Å²) in [5.41, 5.74) is 3.05. The van der Waals surface area contributed by atoms with Crippen molar-refractivity contribution in [3.05, 3.63) is 90.4 Å². The van der Waals surface area contributed by atoms with E-state index in [-0.39, 0.29) is 5.82 Å². The first-order chi connectivity index (χ1) is 16.5. The fourth-order valence-corrected chi connectivity index (χ4v) is 3.77. The lowest BCUT2D eigenvalue weighted by atomic mass is 10.1. The first-order valence-electron chi connectivity index (χ1n) is 10.6. The maximum atomic E-state index is 13.6. The Labute approximate surface area is 199 Å². The summed E-state index contributed by atoms with van der Waals surface area (Å²) in [6.07, 6.45) is 1.70. The Morgan fingerprint density at radius 1 is 1.06 bits per heavy atom. The van der Waals surface area contributed by atoms with Crippen molar-refractivity contribution in [1.29, 1.82) is 4.78 Å². The summed E-state index contributed by atoms with van der Waals surface area (Å²) < 4.78 is 38.1. The molecular weight excluding hydrogens is 453 g/mol. The Kier molecular flexibility index (Phi) is 7.34. The van der Waals surface area contributed by atoms with Crippen LogP contribution < -0.4 is 15.4 Å². The van der Waals surface area contributed by atoms with Crippen molar-refractivity contribution in [2.75, 3.05) is 17.2 Å². The Bertz CT molecular complexity index is 1350. The summed E-state index contributed by atoms with van der Waals surface area (Å²) in [6.45, 7) is 2.88. The van der Waals surface area contributed by atoms with Gasteiger partial charge in [0.1, 0.15) is 17.4 Å². The molecule has 34 heavy (non-hydrogen) atoms. The minimum Gasteiger partial charge on any atom is -0.494 e. The van der Waals surface area contributed by atoms with Gasteiger partial charge in [-0.25, -0.2) is 9.37 Å². The number of nitrogens with zero attached hydrogens (tertiary/aromatic N) is 2. The summed E-state index contributed by atoms with van der Waals surface area (Å²) in [6, 6.07) is 20.7. The Balaban J connectivity index is 1.65. The van der Waals surface area contributed by atoms with Crippen molar-refractivity contribution in [1.82, 2.24) is 9.97 Å². The van der Waals surface area contributed by atoms with E-state index in [9.17, 15) is 8.60 Å². The quantitative estimate of drug-likeness (QED) is 0.252. The molecule has 0 aliphatic heterocycles. The SMILES string of the molecule is CCOc1ccc(-c2cnc(Nc3cccc([S-](=N)=O)c3)nc2NCc2cccc(F)c2)cc1. The molecule has 174 valence electrons. The van der Waals surface area contributed by atoms with Gasteiger partial charge in [-0.1, -0.05) is 47.4 Å². The number of benzene rings is 3. The second-order valence-corrected chi connectivity index (χ2v) is 8.33. The third-order valence-corrected chi connectivity index (χ3v) is 5.60. The number of halogens is 1. The van der Waals surface area contributed by atoms with Crippen LogP contribution in [0.2, 0.25) is 0 Å². The predicted octanol–water partition coefficient (Wildman–Crippen LogP) is 6.12. The van der Waals surface area contributed by atoms with Crippen molar-refractivity contribution >= 4 is 28.0 Å². The fourth-order valence-electron chi connectivity index (χ4n) is 3.34. The monoisotopic (exact) mass is 476 g/mol. The highest BCUT2D eigenvalue weighted by atomic mass is 32.2. The van der Waals surface area contributed by atoms with Crippen molar-refractivity contribution in [2.45, 2.75) is 18.4 Å². The van der Waals surface area contributed by atoms with Gasteiger partial charge in [-0.3, -0.25) is 0 Å². The topological polar surface area (TPSA) is 100.0 Å². The lowest BCUT2D eigenvalue weighted by molar-refractivity contribution is 0.340. The van der Waals surface area contributed by atoms with Gasteiger partial charge in [0.15, 0.2) is 0 Å². The molecule has 9 heteroatoms. The van der Waals surface area contributed by atoms with E-state index >= 15 is 0 Å². The normalized spacial score (nSPS) is 10.8. The average Bonchev–Trinajstić information content (AvgIpc) is 2.84. The molecule has 0 radical (unpaired) electrons. The molecule has 0 amide bonds. The van der Waals surface area contributed by atoms with Crippen LogP contribution in [0.3, 0.4) is 0 Å². The van der Waals surface area contributed by atoms with Crippen LogP contribution >= 0.6 is 0 Å². The molecule has 0 saturated carbocycles. The number of anilines is 3. The predicted molar refractivity (Wildman–Crippen MR) is 131 cm³/mol. The van der Waals surface area contributed by atoms with Crippen LogP contribution in [0, 0.1) is 10.6 Å². The van der Waals surface area contributed by atoms with E-state index in [2.05, 4.69) is 20.6 Å². The minimum absolute atomic E-state index is 0.303. The highest BCUT2D eigenvalue weighted by Crippen LogP contribution is 2.29. The molecule has 4 aromatic rings. The van der Waals surface area contributed by atoms with Crippen molar-refractivity contribution < 1.29 is 13.3 Å². The zero-order chi connectivity index (χ0) is 23.9. The number of rotatable bonds is 9. The molecule has 1 aromatic heterocycles. The maximum absolute atomic E-state index is 13.6. The molecule has 0 atom stereocenters. The summed E-state index contributed by atoms with van der Waals surface area (Å²) in [4.78, 5) is 9.45. The summed E-state index contributed by atoms with van der Waals surface area (Å²) in [7, 11) is -1.84. The second kappa shape index (κ2) is 10.8. The summed E-state index contributed by atoms with van der Waals surface area (Å²) in [5, 5.41) is 6.37. The van der Waals surface area contributed by atoms with E-state index in [1.54, 1.807) is 36.5 Å². The first kappa shape index (κ1) is 23.2. The van der Waals surface area contributed by atoms with Gasteiger partial charge >= 0.3 is 0 Å². The molecule has 7 nitrogen and oxygen atoms in total. The maximum Gasteiger partial charge on any atom is 0.229 e. The van der Waals surface area contributed by atoms with E-state index in [4.69, 9.17) is 9.52 Å². The Hall–Kier alpha value is -3.98. The van der Waals surface area contributed by atoms with Crippen LogP contribution in [0.4, 0.5) is 21.8 Å². The highest BCUT2D eigenvalue weighted by molar-refractivity contribution is 7.73. The molecule has 0 unspecified atom stereocenters. The van der Waals surface area contributed by atoms with E-state index < -0.39 is 10.6 Å². The number of ether oxygens (including phenoxy) is 1. The largest absolute Gasteiger partial charge is 0.494 e. The van der Waals surface area contributed by atoms with Crippen LogP contribution in [0.15, 0.2) is 83.9 Å². The van der Waals surface area contributed by atoms with Crippen LogP contribution in [-0.4, -0.2) is 16.6 Å². The first-order valence-corrected chi connectivity index (χ1v) is 11.8. The van der Waals surface area contributed by atoms with Gasteiger partial charge in [0, 0.05) is 24.0 Å². The molecule has 0 aliphatic rings. The van der Waals surface area contributed by atoms with Crippen LogP contribution in [0.5, 0.6) is 5.75 Å². The van der Waals surface area contributed by atoms with E-state index in [1.807, 2.05) is 37.3 Å². The van der Waals surface area contributed by atoms with E-state index in [0.717, 1.165) is 22.4 Å². The van der Waals surface area contributed by atoms with Crippen molar-refractivity contribution in [2.24, 2.45) is 0 Å². The zero-order valence-electron chi connectivity index (χ0n) is 18.4. The number of nitrogens with one attached hydrogen (secondary N) is 3. The van der Waals surface area contributed by atoms with Gasteiger partial charge in [0.05, 0.1) is 6.61 Å². The molecule has 0 spiro atoms. The van der Waals surface area contributed by atoms with Crippen LogP contribution in [0.1, 0.15) is 12.5 Å². The molecular formula is C25H23FN5O2S-. The molecule has 4 rings (SSSR count). The average molecular weight is 477 g/mol. The second-order valence-electron chi connectivity index (χ2n) is 7.32. The number of hydrogen-bond donors (Lipinski definition) is 3. The molecule has 0 saturated heterocycles. The molecule has 3 N–H and O–H groups in total. The number of aromatic nitrogens is 2. The minimum atomic E-state index is -1.84. The van der Waals surface area contributed by atoms with Gasteiger partial charge in [-0.15, -0.1) is 0 Å². The van der Waals surface area contributed by atoms with Crippen molar-refractivity contribution in [3.8, 4) is 16.9 Å². The Morgan fingerprint density at radius 2 is 1.85 bits per heavy atom. The van der Waals surface area contributed by atoms with Crippen LogP contribution in [0.25, 0.3) is 11.1 Å². The molecule has 3 aromatic carbocycles. The summed E-state index contributed by atoms with van der Waals surface area (Å²) >= 11 is 0. The van der Waals surface area contributed by atoms with Gasteiger partial charge in [0.25, 0.3) is 0 Å². The molecule has 0 aliphatic carbocycles. The number of hydrogen-bond acceptors (Lipinski definition) is 8. The lowest BCUT2D eigenvalue weighted by Crippen LogP contribution is -2.06. The highest BCUT2D eigenvalue weighted by Gasteiger charge is 2.11. The molecule has 0 fully saturated rings. The Morgan fingerprint density at radius 3 is 2.59 bits per heavy atom. The van der Waals surface area contributed by atoms with Gasteiger partial charge in [-0.05, 0) is 48.4 Å². The third kappa shape index (κ3) is 5.87. The summed E-state index contributed by atoms with van der Waals surface area (Å²) in [5.74, 6) is 1.35. The third-order valence-electron chi connectivity index (χ3n) is 4.92. The van der Waals surface area contributed by atoms with Crippen LogP contribution in [-0.2, 0) is 21.3 Å². The van der Waals surface area contributed by atoms with Gasteiger partial charge in [0.2, 0.25) is 5.95 Å². The smallest absolute Gasteiger partial charge is 0.229 e. The molecule has 0 bridgehead atoms. The fraction of sp³-hybridized carbons (Fsp3) is 0.120. The van der Waals surface area contributed by atoms with Gasteiger partial charge < -0.3 is 24.4 Å². The van der Waals surface area contributed by atoms with Gasteiger partial charge in [-0.2, -0.15) is 15.6 Å². The van der Waals surface area contributed by atoms with E-state index in [1.165, 1.54) is 12.1 Å². The molecule has 1 heterocycles. The zero-order valence-corrected chi connectivity index (χ0v) is 19.2. The van der Waals surface area contributed by atoms with E-state index in [0.29, 0.717) is 35.5 Å². The lowest BCUT2D eigenvalue weighted by Gasteiger charge is -2.14. The standard InChI is InChI=1S/C25H23FN5O2S/c1-2-33-21-11-9-18(10-12-21)23-16-29-25(30-20-7-4-8-22(14-20)34(27)32)31-24(23)28-15-17-5-3-6-19(26)13-17/h3-14,16,27H,2,15H2,1H3,(H2,28,29,30,31)/q-1. The van der Waals surface area contributed by atoms with Crippen molar-refractivity contribution in [3.63, 3.8) is 0 Å².